The van der Waals surface area contributed by atoms with Gasteiger partial charge in [-0.05, 0) is 37.1 Å². The van der Waals surface area contributed by atoms with Crippen molar-refractivity contribution in [1.82, 2.24) is 15.2 Å². The topological polar surface area (TPSA) is 67.6 Å². The third kappa shape index (κ3) is 5.11. The first-order valence-corrected chi connectivity index (χ1v) is 10.4. The summed E-state index contributed by atoms with van der Waals surface area (Å²) in [6, 6.07) is 14.9. The number of hydrogen-bond acceptors (Lipinski definition) is 5. The van der Waals surface area contributed by atoms with Crippen LogP contribution < -0.4 is 10.1 Å². The van der Waals surface area contributed by atoms with Gasteiger partial charge in [0.15, 0.2) is 11.6 Å². The van der Waals surface area contributed by atoms with E-state index in [4.69, 9.17) is 9.15 Å². The summed E-state index contributed by atoms with van der Waals surface area (Å²) in [5, 5.41) is 3.05. The summed E-state index contributed by atoms with van der Waals surface area (Å²) in [6.45, 7) is 3.92. The molecular weight excluding hydrogens is 397 g/mol. The molecule has 0 bridgehead atoms. The summed E-state index contributed by atoms with van der Waals surface area (Å²) in [4.78, 5) is 18.6. The third-order valence-corrected chi connectivity index (χ3v) is 5.48. The van der Waals surface area contributed by atoms with Crippen molar-refractivity contribution in [3.63, 3.8) is 0 Å². The molecule has 31 heavy (non-hydrogen) atoms. The van der Waals surface area contributed by atoms with E-state index >= 15 is 0 Å². The summed E-state index contributed by atoms with van der Waals surface area (Å²) in [7, 11) is 1.43. The van der Waals surface area contributed by atoms with Gasteiger partial charge in [0.05, 0.1) is 12.8 Å². The van der Waals surface area contributed by atoms with Gasteiger partial charge in [-0.15, -0.1) is 0 Å². The molecule has 1 aliphatic heterocycles. The molecule has 1 fully saturated rings. The fourth-order valence-corrected chi connectivity index (χ4v) is 3.86. The number of aromatic nitrogens is 1. The van der Waals surface area contributed by atoms with Crippen LogP contribution in [0.4, 0.5) is 4.39 Å². The number of amides is 1. The number of rotatable bonds is 8. The SMILES string of the molecule is COc1cc(-c2nc(CN(Cc3ccccc3)C[C@@H]3CCC(=O)N3)c(C)o2)ccc1F. The lowest BCUT2D eigenvalue weighted by Gasteiger charge is -2.25. The molecule has 4 rings (SSSR count). The molecule has 3 aromatic rings. The smallest absolute Gasteiger partial charge is 0.226 e. The molecule has 2 aromatic carbocycles. The molecule has 1 aliphatic rings. The molecule has 1 amide bonds. The first-order valence-electron chi connectivity index (χ1n) is 10.4. The van der Waals surface area contributed by atoms with Gasteiger partial charge >= 0.3 is 0 Å². The normalized spacial score (nSPS) is 16.0. The van der Waals surface area contributed by atoms with Gasteiger partial charge in [0.2, 0.25) is 11.8 Å². The zero-order valence-electron chi connectivity index (χ0n) is 17.7. The fraction of sp³-hybridized carbons (Fsp3) is 0.333. The molecule has 1 saturated heterocycles. The number of oxazole rings is 1. The molecule has 0 saturated carbocycles. The second kappa shape index (κ2) is 9.31. The molecule has 1 aromatic heterocycles. The van der Waals surface area contributed by atoms with Crippen LogP contribution in [0.15, 0.2) is 52.9 Å². The van der Waals surface area contributed by atoms with E-state index in [1.165, 1.54) is 18.7 Å². The van der Waals surface area contributed by atoms with Crippen LogP contribution in [0.3, 0.4) is 0 Å². The highest BCUT2D eigenvalue weighted by atomic mass is 19.1. The number of halogens is 1. The van der Waals surface area contributed by atoms with Crippen molar-refractivity contribution in [3.8, 4) is 17.2 Å². The minimum absolute atomic E-state index is 0.106. The standard InChI is InChI=1S/C24H26FN3O3/c1-16-21(27-24(31-16)18-8-10-20(25)22(12-18)30-2)15-28(13-17-6-4-3-5-7-17)14-19-9-11-23(29)26-19/h3-8,10,12,19H,9,11,13-15H2,1-2H3,(H,26,29)/t19-/m0/s1. The lowest BCUT2D eigenvalue weighted by atomic mass is 10.1. The Morgan fingerprint density at radius 3 is 2.74 bits per heavy atom. The van der Waals surface area contributed by atoms with Gasteiger partial charge in [-0.2, -0.15) is 0 Å². The fourth-order valence-electron chi connectivity index (χ4n) is 3.86. The van der Waals surface area contributed by atoms with Gasteiger partial charge < -0.3 is 14.5 Å². The molecule has 2 heterocycles. The maximum absolute atomic E-state index is 13.8. The van der Waals surface area contributed by atoms with Crippen molar-refractivity contribution in [2.75, 3.05) is 13.7 Å². The number of carbonyl (C=O) groups excluding carboxylic acids is 1. The molecule has 1 N–H and O–H groups in total. The average Bonchev–Trinajstić information content (AvgIpc) is 3.34. The Labute approximate surface area is 181 Å². The third-order valence-electron chi connectivity index (χ3n) is 5.48. The number of hydrogen-bond donors (Lipinski definition) is 1. The highest BCUT2D eigenvalue weighted by molar-refractivity contribution is 5.78. The number of benzene rings is 2. The Balaban J connectivity index is 1.55. The molecule has 6 nitrogen and oxygen atoms in total. The molecule has 0 radical (unpaired) electrons. The predicted molar refractivity (Wildman–Crippen MR) is 115 cm³/mol. The van der Waals surface area contributed by atoms with E-state index in [2.05, 4.69) is 27.3 Å². The molecule has 0 unspecified atom stereocenters. The van der Waals surface area contributed by atoms with Crippen LogP contribution in [0.25, 0.3) is 11.5 Å². The summed E-state index contributed by atoms with van der Waals surface area (Å²) >= 11 is 0. The van der Waals surface area contributed by atoms with Crippen molar-refractivity contribution in [2.24, 2.45) is 0 Å². The second-order valence-electron chi connectivity index (χ2n) is 7.83. The average molecular weight is 423 g/mol. The lowest BCUT2D eigenvalue weighted by Crippen LogP contribution is -2.38. The predicted octanol–water partition coefficient (Wildman–Crippen LogP) is 4.08. The van der Waals surface area contributed by atoms with Gasteiger partial charge in [-0.3, -0.25) is 9.69 Å². The number of nitrogens with one attached hydrogen (secondary N) is 1. The number of carbonyl (C=O) groups is 1. The maximum atomic E-state index is 13.8. The Hall–Kier alpha value is -3.19. The molecule has 162 valence electrons. The Bertz CT molecular complexity index is 1050. The zero-order valence-corrected chi connectivity index (χ0v) is 17.7. The van der Waals surface area contributed by atoms with E-state index in [-0.39, 0.29) is 17.7 Å². The first-order chi connectivity index (χ1) is 15.0. The monoisotopic (exact) mass is 423 g/mol. The lowest BCUT2D eigenvalue weighted by molar-refractivity contribution is -0.119. The molecule has 7 heteroatoms. The molecule has 0 spiro atoms. The van der Waals surface area contributed by atoms with Crippen molar-refractivity contribution >= 4 is 5.91 Å². The van der Waals surface area contributed by atoms with E-state index in [1.54, 1.807) is 12.1 Å². The van der Waals surface area contributed by atoms with E-state index in [9.17, 15) is 9.18 Å². The van der Waals surface area contributed by atoms with Crippen LogP contribution in [0, 0.1) is 12.7 Å². The van der Waals surface area contributed by atoms with Gasteiger partial charge in [-0.25, -0.2) is 9.37 Å². The van der Waals surface area contributed by atoms with Crippen molar-refractivity contribution < 1.29 is 18.3 Å². The van der Waals surface area contributed by atoms with E-state index in [0.717, 1.165) is 25.2 Å². The van der Waals surface area contributed by atoms with Crippen molar-refractivity contribution in [3.05, 3.63) is 71.4 Å². The zero-order chi connectivity index (χ0) is 21.8. The van der Waals surface area contributed by atoms with Crippen molar-refractivity contribution in [2.45, 2.75) is 38.9 Å². The Kier molecular flexibility index (Phi) is 6.32. The maximum Gasteiger partial charge on any atom is 0.226 e. The minimum Gasteiger partial charge on any atom is -0.494 e. The highest BCUT2D eigenvalue weighted by Crippen LogP contribution is 2.28. The van der Waals surface area contributed by atoms with Gasteiger partial charge in [0.25, 0.3) is 0 Å². The number of aryl methyl sites for hydroxylation is 1. The van der Waals surface area contributed by atoms with Crippen LogP contribution in [0.2, 0.25) is 0 Å². The number of methoxy groups -OCH3 is 1. The Morgan fingerprint density at radius 2 is 2.03 bits per heavy atom. The van der Waals surface area contributed by atoms with Crippen LogP contribution in [-0.4, -0.2) is 35.5 Å². The van der Waals surface area contributed by atoms with Crippen LogP contribution in [-0.2, 0) is 17.9 Å². The number of ether oxygens (including phenoxy) is 1. The summed E-state index contributed by atoms with van der Waals surface area (Å²) < 4.78 is 24.7. The van der Waals surface area contributed by atoms with Crippen LogP contribution >= 0.6 is 0 Å². The van der Waals surface area contributed by atoms with Crippen LogP contribution in [0.5, 0.6) is 5.75 Å². The summed E-state index contributed by atoms with van der Waals surface area (Å²) in [6.07, 6.45) is 1.41. The van der Waals surface area contributed by atoms with Crippen LogP contribution in [0.1, 0.15) is 29.9 Å². The highest BCUT2D eigenvalue weighted by Gasteiger charge is 2.24. The van der Waals surface area contributed by atoms with Gasteiger partial charge in [0.1, 0.15) is 5.76 Å². The summed E-state index contributed by atoms with van der Waals surface area (Å²) in [5.41, 5.74) is 2.67. The first kappa shape index (κ1) is 21.1. The Morgan fingerprint density at radius 1 is 1.23 bits per heavy atom. The minimum atomic E-state index is -0.428. The second-order valence-corrected chi connectivity index (χ2v) is 7.83. The quantitative estimate of drug-likeness (QED) is 0.591. The summed E-state index contributed by atoms with van der Waals surface area (Å²) in [5.74, 6) is 0.973. The number of nitrogens with zero attached hydrogens (tertiary/aromatic N) is 2. The largest absolute Gasteiger partial charge is 0.494 e. The molecular formula is C24H26FN3O3. The molecule has 0 aliphatic carbocycles. The van der Waals surface area contributed by atoms with E-state index in [0.29, 0.717) is 30.2 Å². The molecule has 1 atom stereocenters. The van der Waals surface area contributed by atoms with Gasteiger partial charge in [-0.1, -0.05) is 30.3 Å². The van der Waals surface area contributed by atoms with E-state index in [1.807, 2.05) is 25.1 Å². The van der Waals surface area contributed by atoms with Crippen molar-refractivity contribution in [1.29, 1.82) is 0 Å². The van der Waals surface area contributed by atoms with Gasteiger partial charge in [0, 0.05) is 37.7 Å². The van der Waals surface area contributed by atoms with E-state index < -0.39 is 5.82 Å².